The predicted molar refractivity (Wildman–Crippen MR) is 110 cm³/mol. The van der Waals surface area contributed by atoms with E-state index in [1.807, 2.05) is 0 Å². The molecule has 4 rings (SSSR count). The second-order valence-corrected chi connectivity index (χ2v) is 9.27. The van der Waals surface area contributed by atoms with Crippen molar-refractivity contribution in [2.75, 3.05) is 6.26 Å². The average Bonchev–Trinajstić information content (AvgIpc) is 3.12. The van der Waals surface area contributed by atoms with Gasteiger partial charge in [0, 0.05) is 43.3 Å². The third-order valence-electron chi connectivity index (χ3n) is 4.44. The van der Waals surface area contributed by atoms with Crippen LogP contribution >= 0.6 is 0 Å². The molecule has 160 valence electrons. The number of rotatable bonds is 5. The Kier molecular flexibility index (Phi) is 5.10. The molecule has 0 aliphatic heterocycles. The van der Waals surface area contributed by atoms with Gasteiger partial charge in [-0.1, -0.05) is 0 Å². The smallest absolute Gasteiger partial charge is 0.295 e. The zero-order valence-corrected chi connectivity index (χ0v) is 17.2. The van der Waals surface area contributed by atoms with Crippen LogP contribution in [0.15, 0.2) is 58.2 Å². The van der Waals surface area contributed by atoms with E-state index in [9.17, 15) is 22.0 Å². The Morgan fingerprint density at radius 3 is 2.42 bits per heavy atom. The van der Waals surface area contributed by atoms with Gasteiger partial charge in [-0.25, -0.2) is 22.2 Å². The van der Waals surface area contributed by atoms with Gasteiger partial charge in [0.1, 0.15) is 28.7 Å². The van der Waals surface area contributed by atoms with Gasteiger partial charge in [0.25, 0.3) is 5.56 Å². The second-order valence-electron chi connectivity index (χ2n) is 7.13. The van der Waals surface area contributed by atoms with E-state index in [1.54, 1.807) is 25.4 Å². The fourth-order valence-corrected chi connectivity index (χ4v) is 4.03. The Hall–Kier alpha value is -3.53. The minimum absolute atomic E-state index is 0.0446. The number of ether oxygens (including phenoxy) is 1. The number of benzene rings is 2. The fourth-order valence-electron chi connectivity index (χ4n) is 3.26. The Morgan fingerprint density at radius 1 is 1.06 bits per heavy atom. The standard InChI is InChI=1S/C21H16F2N2O5S/c1-25-9-18(19-20(21(25)26)29-11-24-19)13-3-12(10-31(2,27)28)4-16(5-13)30-17-7-14(22)6-15(23)8-17/h3-9,11H,10H2,1-2H3. The highest BCUT2D eigenvalue weighted by molar-refractivity contribution is 7.89. The first-order valence-corrected chi connectivity index (χ1v) is 11.0. The molecule has 10 heteroatoms. The van der Waals surface area contributed by atoms with Crippen LogP contribution in [-0.2, 0) is 22.6 Å². The molecule has 7 nitrogen and oxygen atoms in total. The third kappa shape index (κ3) is 4.48. The van der Waals surface area contributed by atoms with Crippen molar-refractivity contribution < 1.29 is 26.4 Å². The summed E-state index contributed by atoms with van der Waals surface area (Å²) in [6, 6.07) is 7.37. The highest BCUT2D eigenvalue weighted by atomic mass is 32.2. The molecule has 0 N–H and O–H groups in total. The summed E-state index contributed by atoms with van der Waals surface area (Å²) >= 11 is 0. The number of aryl methyl sites for hydroxylation is 1. The van der Waals surface area contributed by atoms with E-state index in [0.717, 1.165) is 24.8 Å². The summed E-state index contributed by atoms with van der Waals surface area (Å²) in [7, 11) is -1.85. The Labute approximate surface area is 175 Å². The quantitative estimate of drug-likeness (QED) is 0.463. The minimum Gasteiger partial charge on any atom is -0.457 e. The first-order valence-electron chi connectivity index (χ1n) is 8.98. The molecular weight excluding hydrogens is 430 g/mol. The molecule has 2 heterocycles. The van der Waals surface area contributed by atoms with Crippen molar-refractivity contribution in [3.63, 3.8) is 0 Å². The van der Waals surface area contributed by atoms with Crippen molar-refractivity contribution in [2.24, 2.45) is 7.05 Å². The summed E-state index contributed by atoms with van der Waals surface area (Å²) in [5.41, 5.74) is 1.33. The van der Waals surface area contributed by atoms with Crippen LogP contribution in [0.25, 0.3) is 22.2 Å². The van der Waals surface area contributed by atoms with Crippen LogP contribution in [0, 0.1) is 11.6 Å². The monoisotopic (exact) mass is 446 g/mol. The van der Waals surface area contributed by atoms with Crippen molar-refractivity contribution in [3.8, 4) is 22.6 Å². The maximum atomic E-state index is 13.5. The minimum atomic E-state index is -3.39. The van der Waals surface area contributed by atoms with Crippen LogP contribution in [0.3, 0.4) is 0 Å². The summed E-state index contributed by atoms with van der Waals surface area (Å²) in [6.45, 7) is 0. The summed E-state index contributed by atoms with van der Waals surface area (Å²) in [5.74, 6) is -1.85. The van der Waals surface area contributed by atoms with Gasteiger partial charge >= 0.3 is 0 Å². The molecule has 0 unspecified atom stereocenters. The van der Waals surface area contributed by atoms with E-state index >= 15 is 0 Å². The number of pyridine rings is 1. The molecule has 0 amide bonds. The van der Waals surface area contributed by atoms with Crippen molar-refractivity contribution in [2.45, 2.75) is 5.75 Å². The fraction of sp³-hybridized carbons (Fsp3) is 0.143. The van der Waals surface area contributed by atoms with Gasteiger partial charge in [0.05, 0.1) is 5.75 Å². The summed E-state index contributed by atoms with van der Waals surface area (Å²) in [6.07, 6.45) is 3.77. The molecule has 0 saturated carbocycles. The van der Waals surface area contributed by atoms with Crippen molar-refractivity contribution >= 4 is 20.9 Å². The average molecular weight is 446 g/mol. The lowest BCUT2D eigenvalue weighted by atomic mass is 10.0. The SMILES string of the molecule is Cn1cc(-c2cc(CS(C)(=O)=O)cc(Oc3cc(F)cc(F)c3)c2)c2ncoc2c1=O. The first kappa shape index (κ1) is 20.7. The lowest BCUT2D eigenvalue weighted by Crippen LogP contribution is -2.15. The number of hydrogen-bond acceptors (Lipinski definition) is 6. The normalized spacial score (nSPS) is 11.7. The van der Waals surface area contributed by atoms with Crippen LogP contribution in [0.1, 0.15) is 5.56 Å². The summed E-state index contributed by atoms with van der Waals surface area (Å²) in [5, 5.41) is 0. The van der Waals surface area contributed by atoms with Gasteiger partial charge in [-0.2, -0.15) is 0 Å². The molecule has 2 aromatic carbocycles. The van der Waals surface area contributed by atoms with Gasteiger partial charge < -0.3 is 13.7 Å². The lowest BCUT2D eigenvalue weighted by molar-refractivity contribution is 0.468. The number of aromatic nitrogens is 2. The molecule has 0 radical (unpaired) electrons. The van der Waals surface area contributed by atoms with Crippen LogP contribution in [0.2, 0.25) is 0 Å². The summed E-state index contributed by atoms with van der Waals surface area (Å²) < 4.78 is 63.0. The van der Waals surface area contributed by atoms with E-state index in [0.29, 0.717) is 28.3 Å². The van der Waals surface area contributed by atoms with Crippen LogP contribution in [-0.4, -0.2) is 24.2 Å². The van der Waals surface area contributed by atoms with Gasteiger partial charge in [-0.3, -0.25) is 4.79 Å². The molecule has 0 aliphatic rings. The highest BCUT2D eigenvalue weighted by Gasteiger charge is 2.16. The Bertz CT molecular complexity index is 1450. The highest BCUT2D eigenvalue weighted by Crippen LogP contribution is 2.33. The van der Waals surface area contributed by atoms with Crippen molar-refractivity contribution in [1.29, 1.82) is 0 Å². The third-order valence-corrected chi connectivity index (χ3v) is 5.30. The number of halogens is 2. The van der Waals surface area contributed by atoms with Gasteiger partial charge in [0.15, 0.2) is 16.2 Å². The van der Waals surface area contributed by atoms with Crippen molar-refractivity contribution in [1.82, 2.24) is 9.55 Å². The van der Waals surface area contributed by atoms with Crippen LogP contribution < -0.4 is 10.3 Å². The zero-order chi connectivity index (χ0) is 22.3. The van der Waals surface area contributed by atoms with Gasteiger partial charge in [0.2, 0.25) is 5.58 Å². The van der Waals surface area contributed by atoms with Crippen molar-refractivity contribution in [3.05, 3.63) is 76.5 Å². The number of fused-ring (bicyclic) bond motifs is 1. The second kappa shape index (κ2) is 7.62. The molecule has 0 fully saturated rings. The summed E-state index contributed by atoms with van der Waals surface area (Å²) in [4.78, 5) is 16.4. The number of hydrogen-bond donors (Lipinski definition) is 0. The Balaban J connectivity index is 1.89. The first-order chi connectivity index (χ1) is 14.6. The largest absolute Gasteiger partial charge is 0.457 e. The molecule has 0 spiro atoms. The molecule has 0 atom stereocenters. The number of nitrogens with zero attached hydrogens (tertiary/aromatic N) is 2. The lowest BCUT2D eigenvalue weighted by Gasteiger charge is -2.12. The molecule has 31 heavy (non-hydrogen) atoms. The van der Waals surface area contributed by atoms with Gasteiger partial charge in [-0.05, 0) is 29.3 Å². The molecule has 4 aromatic rings. The van der Waals surface area contributed by atoms with E-state index in [2.05, 4.69) is 4.98 Å². The maximum Gasteiger partial charge on any atom is 0.295 e. The number of oxazole rings is 1. The molecule has 0 saturated heterocycles. The van der Waals surface area contributed by atoms with Crippen LogP contribution in [0.4, 0.5) is 8.78 Å². The van der Waals surface area contributed by atoms with Crippen LogP contribution in [0.5, 0.6) is 11.5 Å². The predicted octanol–water partition coefficient (Wildman–Crippen LogP) is 3.81. The van der Waals surface area contributed by atoms with Gasteiger partial charge in [-0.15, -0.1) is 0 Å². The van der Waals surface area contributed by atoms with E-state index in [4.69, 9.17) is 9.15 Å². The molecule has 2 aromatic heterocycles. The van der Waals surface area contributed by atoms with E-state index in [1.165, 1.54) is 10.6 Å². The molecular formula is C21H16F2N2O5S. The van der Waals surface area contributed by atoms with E-state index < -0.39 is 21.5 Å². The topological polar surface area (TPSA) is 91.4 Å². The molecule has 0 bridgehead atoms. The zero-order valence-electron chi connectivity index (χ0n) is 16.4. The molecule has 0 aliphatic carbocycles. The number of sulfone groups is 1. The maximum absolute atomic E-state index is 13.5. The van der Waals surface area contributed by atoms with E-state index in [-0.39, 0.29) is 28.4 Å². The Morgan fingerprint density at radius 2 is 1.74 bits per heavy atom.